The van der Waals surface area contributed by atoms with Crippen LogP contribution in [0.3, 0.4) is 0 Å². The number of hydrogen-bond acceptors (Lipinski definition) is 12. The summed E-state index contributed by atoms with van der Waals surface area (Å²) in [5, 5.41) is 75.0. The summed E-state index contributed by atoms with van der Waals surface area (Å²) < 4.78 is 0. The zero-order chi connectivity index (χ0) is 24.0. The van der Waals surface area contributed by atoms with Crippen LogP contribution in [0.15, 0.2) is 0 Å². The van der Waals surface area contributed by atoms with Crippen molar-refractivity contribution in [1.29, 1.82) is 63.1 Å². The van der Waals surface area contributed by atoms with Crippen LogP contribution in [0, 0.1) is 142 Å². The quantitative estimate of drug-likeness (QED) is 0.260. The van der Waals surface area contributed by atoms with Crippen molar-refractivity contribution in [2.24, 2.45) is 0 Å². The van der Waals surface area contributed by atoms with Gasteiger partial charge in [-0.15, -0.1) is 0 Å². The molecule has 30 heavy (non-hydrogen) atoms. The van der Waals surface area contributed by atoms with Crippen molar-refractivity contribution < 1.29 is 101 Å². The van der Waals surface area contributed by atoms with Crippen LogP contribution in [-0.4, -0.2) is 0 Å². The molecule has 0 unspecified atom stereocenters. The van der Waals surface area contributed by atoms with Crippen LogP contribution < -0.4 is 0 Å². The molecule has 0 aromatic heterocycles. The molecule has 0 rings (SSSR count). The Morgan fingerprint density at radius 1 is 0.200 bits per heavy atom. The van der Waals surface area contributed by atoms with Gasteiger partial charge in [-0.25, -0.2) is 0 Å². The van der Waals surface area contributed by atoms with E-state index in [2.05, 4.69) is 0 Å². The summed E-state index contributed by atoms with van der Waals surface area (Å²) in [4.78, 5) is 0. The van der Waals surface area contributed by atoms with Crippen molar-refractivity contribution in [1.82, 2.24) is 0 Å². The van der Waals surface area contributed by atoms with Crippen molar-refractivity contribution in [2.75, 3.05) is 0 Å². The first-order valence-corrected chi connectivity index (χ1v) is 2.68. The van der Waals surface area contributed by atoms with Crippen LogP contribution in [-0.2, 0) is 101 Å². The molecule has 0 amide bonds. The number of rotatable bonds is 0. The third-order valence-corrected chi connectivity index (χ3v) is 0. The van der Waals surface area contributed by atoms with E-state index in [1.807, 2.05) is 0 Å². The molecule has 165 valence electrons. The van der Waals surface area contributed by atoms with E-state index in [1.165, 1.54) is 0 Å². The third-order valence-electron chi connectivity index (χ3n) is 0. The summed E-state index contributed by atoms with van der Waals surface area (Å²) in [6.45, 7) is 57.0. The summed E-state index contributed by atoms with van der Waals surface area (Å²) in [7, 11) is 0. The molecule has 0 saturated heterocycles. The molecule has 0 aliphatic rings. The van der Waals surface area contributed by atoms with Gasteiger partial charge in [-0.1, -0.05) is 0 Å². The van der Waals surface area contributed by atoms with Gasteiger partial charge in [0.25, 0.3) is 0 Å². The maximum Gasteiger partial charge on any atom is 3.00 e. The van der Waals surface area contributed by atoms with Gasteiger partial charge in [-0.05, 0) is 0 Å². The van der Waals surface area contributed by atoms with Gasteiger partial charge in [-0.3, -0.25) is 0 Å². The van der Waals surface area contributed by atoms with Crippen molar-refractivity contribution in [3.8, 4) is 0 Å². The van der Waals surface area contributed by atoms with E-state index >= 15 is 0 Å². The Morgan fingerprint density at radius 3 is 0.200 bits per heavy atom. The molecule has 0 aromatic rings. The van der Waals surface area contributed by atoms with Gasteiger partial charge in [0.1, 0.15) is 0 Å². The molecule has 0 N–H and O–H groups in total. The molecule has 0 fully saturated rings. The summed E-state index contributed by atoms with van der Waals surface area (Å²) in [6, 6.07) is 0. The number of hydrogen-bond donors (Lipinski definition) is 0. The average molecular weight is 664 g/mol. The molecule has 0 atom stereocenters. The molecule has 0 bridgehead atoms. The van der Waals surface area contributed by atoms with Crippen molar-refractivity contribution in [3.05, 3.63) is 78.9 Å². The third kappa shape index (κ3) is 1500. The Hall–Kier alpha value is -3.08. The average Bonchev–Trinajstić information content (AvgIpc) is 2.84. The fourth-order valence-electron chi connectivity index (χ4n) is 0. The van der Waals surface area contributed by atoms with E-state index in [9.17, 15) is 0 Å². The Kier molecular flexibility index (Phi) is 12800. The largest absolute Gasteiger partial charge is 3.00 e. The van der Waals surface area contributed by atoms with E-state index in [4.69, 9.17) is 142 Å². The Balaban J connectivity index is -0.00000000321. The van der Waals surface area contributed by atoms with E-state index in [0.29, 0.717) is 0 Å². The molecule has 0 saturated carbocycles. The molecule has 0 aliphatic heterocycles. The van der Waals surface area contributed by atoms with Crippen LogP contribution in [0.5, 0.6) is 0 Å². The van der Waals surface area contributed by atoms with Crippen molar-refractivity contribution in [3.63, 3.8) is 0 Å². The minimum absolute atomic E-state index is 0. The maximum absolute atomic E-state index is 6.25. The van der Waals surface area contributed by atoms with E-state index in [-0.39, 0.29) is 101 Å². The Morgan fingerprint density at radius 2 is 0.200 bits per heavy atom. The molecule has 0 heterocycles. The van der Waals surface area contributed by atoms with Gasteiger partial charge in [0.2, 0.25) is 0 Å². The molecule has 18 heteroatoms. The number of nitrogens with zero attached hydrogens (tertiary/aromatic N) is 12. The molecule has 12 nitrogen and oxygen atoms in total. The van der Waals surface area contributed by atoms with E-state index in [0.717, 1.165) is 0 Å². The monoisotopic (exact) mass is 661 g/mol. The van der Waals surface area contributed by atoms with Gasteiger partial charge in [-0.2, -0.15) is 0 Å². The molecule has 0 aromatic carbocycles. The molecule has 0 spiro atoms. The molecule has 0 aliphatic carbocycles. The fourth-order valence-corrected chi connectivity index (χ4v) is 0. The normalized spacial score (nSPS) is 0.800. The van der Waals surface area contributed by atoms with Crippen molar-refractivity contribution >= 4 is 0 Å². The van der Waals surface area contributed by atoms with Crippen LogP contribution in [0.2, 0.25) is 0 Å². The SMILES string of the molecule is [C-]#N.[C-]#N.[C-]#N.[C-]#N.[C-]#N.[C-]#N.[C-]#N.[C-]#N.[C-]#N.[C-]#N.[C-]#N.[C-]#N.[Cu].[Fe+3].[Fe+3].[Ni+2].[Ni+2].[Ni+2]. The van der Waals surface area contributed by atoms with Gasteiger partial charge in [0.05, 0.1) is 0 Å². The first-order valence-electron chi connectivity index (χ1n) is 2.68. The zero-order valence-corrected chi connectivity index (χ0v) is 19.4. The minimum atomic E-state index is 0. The molecular formula is C12CuFe2N12Ni3. The Labute approximate surface area is 240 Å². The first-order chi connectivity index (χ1) is 12.0. The van der Waals surface area contributed by atoms with Gasteiger partial charge in [0.15, 0.2) is 0 Å². The Bertz CT molecular complexity index is 241. The topological polar surface area (TPSA) is 285 Å². The smallest absolute Gasteiger partial charge is 0.512 e. The summed E-state index contributed by atoms with van der Waals surface area (Å²) in [5.41, 5.74) is 0. The second-order valence-electron chi connectivity index (χ2n) is 0. The van der Waals surface area contributed by atoms with Crippen molar-refractivity contribution in [2.45, 2.75) is 0 Å². The van der Waals surface area contributed by atoms with Crippen LogP contribution in [0.4, 0.5) is 0 Å². The predicted octanol–water partition coefficient (Wildman–Crippen LogP) is 1.14. The fraction of sp³-hybridized carbons (Fsp3) is 0. The van der Waals surface area contributed by atoms with Gasteiger partial charge in [0, 0.05) is 17.1 Å². The summed E-state index contributed by atoms with van der Waals surface area (Å²) in [5.74, 6) is 0. The second-order valence-corrected chi connectivity index (χ2v) is 0. The summed E-state index contributed by atoms with van der Waals surface area (Å²) >= 11 is 0. The van der Waals surface area contributed by atoms with Crippen LogP contribution in [0.1, 0.15) is 0 Å². The maximum atomic E-state index is 6.25. The predicted molar refractivity (Wildman–Crippen MR) is 59.6 cm³/mol. The van der Waals surface area contributed by atoms with Crippen LogP contribution in [0.25, 0.3) is 0 Å². The van der Waals surface area contributed by atoms with Gasteiger partial charge >= 0.3 is 83.6 Å². The van der Waals surface area contributed by atoms with Crippen LogP contribution >= 0.6 is 0 Å². The summed E-state index contributed by atoms with van der Waals surface area (Å²) in [6.07, 6.45) is 0. The van der Waals surface area contributed by atoms with E-state index in [1.54, 1.807) is 0 Å². The molecular weight excluding hydrogens is 664 g/mol. The molecule has 3 radical (unpaired) electrons. The minimum Gasteiger partial charge on any atom is -0.512 e. The zero-order valence-electron chi connectivity index (χ0n) is 13.3. The first kappa shape index (κ1) is 227. The van der Waals surface area contributed by atoms with Gasteiger partial charge < -0.3 is 142 Å². The van der Waals surface area contributed by atoms with E-state index < -0.39 is 0 Å². The second kappa shape index (κ2) is 1700. The standard InChI is InChI=1S/12CN.Cu.2Fe.3Ni/c12*1-2;;;;;;/q12*-1;;2*+3;3*+2.